The van der Waals surface area contributed by atoms with Crippen molar-refractivity contribution in [3.63, 3.8) is 0 Å². The van der Waals surface area contributed by atoms with Gasteiger partial charge in [0.05, 0.1) is 23.0 Å². The number of nitrogens with one attached hydrogen (secondary N) is 1. The van der Waals surface area contributed by atoms with Crippen molar-refractivity contribution in [3.05, 3.63) is 30.5 Å². The summed E-state index contributed by atoms with van der Waals surface area (Å²) in [6.45, 7) is -0.372. The number of aromatic nitrogens is 2. The van der Waals surface area contributed by atoms with Crippen LogP contribution in [0, 0.1) is 0 Å². The molecule has 0 fully saturated rings. The number of aliphatic carboxylic acids is 1. The number of amides is 1. The van der Waals surface area contributed by atoms with Crippen molar-refractivity contribution in [1.29, 1.82) is 0 Å². The molecule has 0 spiro atoms. The van der Waals surface area contributed by atoms with Gasteiger partial charge in [-0.05, 0) is 12.1 Å². The number of carboxylic acids is 1. The first kappa shape index (κ1) is 13.3. The average molecular weight is 277 g/mol. The Labute approximate surface area is 113 Å². The zero-order chi connectivity index (χ0) is 13.7. The topological polar surface area (TPSA) is 92.2 Å². The highest BCUT2D eigenvalue weighted by atomic mass is 32.2. The number of fused-ring (bicyclic) bond motifs is 1. The number of nitrogens with zero attached hydrogens (tertiary/aromatic N) is 2. The minimum Gasteiger partial charge on any atom is -0.480 e. The molecule has 1 amide bonds. The lowest BCUT2D eigenvalue weighted by atomic mass is 10.3. The van der Waals surface area contributed by atoms with Crippen molar-refractivity contribution in [1.82, 2.24) is 15.3 Å². The first-order valence-corrected chi connectivity index (χ1v) is 6.47. The molecule has 1 aromatic heterocycles. The number of carboxylic acid groups (broad SMARTS) is 1. The Bertz CT molecular complexity index is 618. The number of carbonyl (C=O) groups excluding carboxylic acids is 1. The third kappa shape index (κ3) is 3.92. The second kappa shape index (κ2) is 6.14. The first-order valence-electron chi connectivity index (χ1n) is 5.48. The summed E-state index contributed by atoms with van der Waals surface area (Å²) in [7, 11) is 0. The van der Waals surface area contributed by atoms with Crippen LogP contribution in [0.5, 0.6) is 0 Å². The van der Waals surface area contributed by atoms with Gasteiger partial charge >= 0.3 is 5.97 Å². The molecule has 7 heteroatoms. The molecule has 0 atom stereocenters. The van der Waals surface area contributed by atoms with Crippen LogP contribution in [0.2, 0.25) is 0 Å². The second-order valence-corrected chi connectivity index (χ2v) is 4.65. The number of rotatable bonds is 5. The summed E-state index contributed by atoms with van der Waals surface area (Å²) in [4.78, 5) is 30.2. The molecule has 0 aliphatic carbocycles. The van der Waals surface area contributed by atoms with Crippen LogP contribution >= 0.6 is 11.8 Å². The molecule has 0 unspecified atom stereocenters. The SMILES string of the molecule is O=C(O)CNC(=O)CSc1cnc2ccccc2n1. The molecule has 0 saturated carbocycles. The number of thioether (sulfide) groups is 1. The zero-order valence-corrected chi connectivity index (χ0v) is 10.7. The summed E-state index contributed by atoms with van der Waals surface area (Å²) < 4.78 is 0. The van der Waals surface area contributed by atoms with E-state index in [1.54, 1.807) is 6.20 Å². The average Bonchev–Trinajstić information content (AvgIpc) is 2.42. The Balaban J connectivity index is 1.94. The van der Waals surface area contributed by atoms with E-state index < -0.39 is 5.97 Å². The van der Waals surface area contributed by atoms with Crippen molar-refractivity contribution in [2.75, 3.05) is 12.3 Å². The van der Waals surface area contributed by atoms with Gasteiger partial charge in [0.15, 0.2) is 0 Å². The monoisotopic (exact) mass is 277 g/mol. The van der Waals surface area contributed by atoms with Gasteiger partial charge in [0, 0.05) is 0 Å². The van der Waals surface area contributed by atoms with Crippen molar-refractivity contribution in [2.45, 2.75) is 5.03 Å². The first-order chi connectivity index (χ1) is 9.15. The van der Waals surface area contributed by atoms with E-state index in [-0.39, 0.29) is 18.2 Å². The third-order valence-corrected chi connectivity index (χ3v) is 3.11. The maximum absolute atomic E-state index is 11.3. The largest absolute Gasteiger partial charge is 0.480 e. The van der Waals surface area contributed by atoms with E-state index in [1.165, 1.54) is 11.8 Å². The number of carbonyl (C=O) groups is 2. The van der Waals surface area contributed by atoms with Gasteiger partial charge in [-0.2, -0.15) is 0 Å². The predicted octanol–water partition coefficient (Wildman–Crippen LogP) is 0.923. The number of para-hydroxylation sites is 2. The molecule has 2 N–H and O–H groups in total. The molecule has 0 bridgehead atoms. The smallest absolute Gasteiger partial charge is 0.322 e. The van der Waals surface area contributed by atoms with E-state index in [0.29, 0.717) is 5.03 Å². The fourth-order valence-electron chi connectivity index (χ4n) is 1.37. The van der Waals surface area contributed by atoms with Gasteiger partial charge in [-0.3, -0.25) is 14.6 Å². The molecule has 0 aliphatic heterocycles. The van der Waals surface area contributed by atoms with Gasteiger partial charge in [-0.25, -0.2) is 4.98 Å². The summed E-state index contributed by atoms with van der Waals surface area (Å²) in [5, 5.41) is 11.3. The Morgan fingerprint density at radius 3 is 2.74 bits per heavy atom. The van der Waals surface area contributed by atoms with Crippen molar-refractivity contribution in [2.24, 2.45) is 0 Å². The highest BCUT2D eigenvalue weighted by molar-refractivity contribution is 7.99. The van der Waals surface area contributed by atoms with Crippen LogP contribution in [0.4, 0.5) is 0 Å². The highest BCUT2D eigenvalue weighted by Gasteiger charge is 2.06. The van der Waals surface area contributed by atoms with Gasteiger partial charge < -0.3 is 10.4 Å². The standard InChI is InChI=1S/C12H11N3O3S/c16-10(14-6-12(17)18)7-19-11-5-13-8-3-1-2-4-9(8)15-11/h1-5H,6-7H2,(H,14,16)(H,17,18). The van der Waals surface area contributed by atoms with Crippen molar-refractivity contribution < 1.29 is 14.7 Å². The second-order valence-electron chi connectivity index (χ2n) is 3.66. The van der Waals surface area contributed by atoms with E-state index in [4.69, 9.17) is 5.11 Å². The van der Waals surface area contributed by atoms with Crippen LogP contribution in [0.15, 0.2) is 35.5 Å². The van der Waals surface area contributed by atoms with E-state index in [1.807, 2.05) is 24.3 Å². The number of hydrogen-bond acceptors (Lipinski definition) is 5. The molecular formula is C12H11N3O3S. The molecule has 0 saturated heterocycles. The highest BCUT2D eigenvalue weighted by Crippen LogP contribution is 2.17. The van der Waals surface area contributed by atoms with Gasteiger partial charge in [0.2, 0.25) is 5.91 Å². The van der Waals surface area contributed by atoms with E-state index in [0.717, 1.165) is 11.0 Å². The number of hydrogen-bond donors (Lipinski definition) is 2. The summed E-state index contributed by atoms with van der Waals surface area (Å²) in [5.74, 6) is -1.30. The fraction of sp³-hybridized carbons (Fsp3) is 0.167. The lowest BCUT2D eigenvalue weighted by molar-refractivity contribution is -0.137. The molecule has 19 heavy (non-hydrogen) atoms. The van der Waals surface area contributed by atoms with Gasteiger partial charge in [-0.1, -0.05) is 23.9 Å². The van der Waals surface area contributed by atoms with Crippen LogP contribution in [0.25, 0.3) is 11.0 Å². The Kier molecular flexibility index (Phi) is 4.30. The lowest BCUT2D eigenvalue weighted by Gasteiger charge is -2.03. The molecule has 0 radical (unpaired) electrons. The van der Waals surface area contributed by atoms with E-state index in [9.17, 15) is 9.59 Å². The minimum atomic E-state index is -1.07. The summed E-state index contributed by atoms with van der Waals surface area (Å²) in [6.07, 6.45) is 1.59. The minimum absolute atomic E-state index is 0.111. The molecule has 1 aromatic carbocycles. The third-order valence-electron chi connectivity index (χ3n) is 2.21. The summed E-state index contributed by atoms with van der Waals surface area (Å²) in [5.41, 5.74) is 1.56. The van der Waals surface area contributed by atoms with Gasteiger partial charge in [0.25, 0.3) is 0 Å². The molecule has 2 aromatic rings. The molecular weight excluding hydrogens is 266 g/mol. The van der Waals surface area contributed by atoms with Crippen molar-refractivity contribution in [3.8, 4) is 0 Å². The Hall–Kier alpha value is -2.15. The van der Waals surface area contributed by atoms with Gasteiger partial charge in [-0.15, -0.1) is 0 Å². The van der Waals surface area contributed by atoms with Crippen LogP contribution in [-0.4, -0.2) is 39.2 Å². The summed E-state index contributed by atoms with van der Waals surface area (Å²) >= 11 is 1.22. The summed E-state index contributed by atoms with van der Waals surface area (Å²) in [6, 6.07) is 7.45. The number of benzene rings is 1. The van der Waals surface area contributed by atoms with E-state index in [2.05, 4.69) is 15.3 Å². The zero-order valence-electron chi connectivity index (χ0n) is 9.87. The molecule has 1 heterocycles. The van der Waals surface area contributed by atoms with Crippen LogP contribution in [-0.2, 0) is 9.59 Å². The molecule has 98 valence electrons. The van der Waals surface area contributed by atoms with Crippen LogP contribution < -0.4 is 5.32 Å². The molecule has 0 aliphatic rings. The Morgan fingerprint density at radius 1 is 1.26 bits per heavy atom. The predicted molar refractivity (Wildman–Crippen MR) is 70.9 cm³/mol. The lowest BCUT2D eigenvalue weighted by Crippen LogP contribution is -2.30. The Morgan fingerprint density at radius 2 is 2.00 bits per heavy atom. The van der Waals surface area contributed by atoms with Crippen LogP contribution in [0.3, 0.4) is 0 Å². The maximum Gasteiger partial charge on any atom is 0.322 e. The van der Waals surface area contributed by atoms with Crippen LogP contribution in [0.1, 0.15) is 0 Å². The van der Waals surface area contributed by atoms with Crippen molar-refractivity contribution >= 4 is 34.7 Å². The molecule has 2 rings (SSSR count). The molecule has 6 nitrogen and oxygen atoms in total. The fourth-order valence-corrected chi connectivity index (χ4v) is 2.05. The maximum atomic E-state index is 11.3. The quantitative estimate of drug-likeness (QED) is 0.790. The van der Waals surface area contributed by atoms with Gasteiger partial charge in [0.1, 0.15) is 11.6 Å². The normalized spacial score (nSPS) is 10.3. The van der Waals surface area contributed by atoms with E-state index >= 15 is 0 Å².